The number of hydrogen-bond acceptors (Lipinski definition) is 6. The van der Waals surface area contributed by atoms with Crippen LogP contribution in [0.25, 0.3) is 11.3 Å². The Morgan fingerprint density at radius 1 is 1.00 bits per heavy atom. The van der Waals surface area contributed by atoms with Crippen molar-refractivity contribution in [2.24, 2.45) is 10.1 Å². The Bertz CT molecular complexity index is 1190. The molecule has 1 saturated carbocycles. The lowest BCUT2D eigenvalue weighted by Crippen LogP contribution is -2.12. The smallest absolute Gasteiger partial charge is 0.206 e. The zero-order valence-electron chi connectivity index (χ0n) is 17.8. The zero-order chi connectivity index (χ0) is 22.5. The summed E-state index contributed by atoms with van der Waals surface area (Å²) in [5, 5.41) is 36.0. The van der Waals surface area contributed by atoms with E-state index in [2.05, 4.69) is 40.9 Å². The molecule has 7 heteroatoms. The minimum atomic E-state index is -0.570. The molecule has 1 fully saturated rings. The van der Waals surface area contributed by atoms with Gasteiger partial charge in [0.2, 0.25) is 10.6 Å². The van der Waals surface area contributed by atoms with Crippen molar-refractivity contribution in [1.82, 2.24) is 4.68 Å². The highest BCUT2D eigenvalue weighted by molar-refractivity contribution is 7.07. The SMILES string of the molecule is C=CCN=c1scc(-c2ccc(C3CCCCC3)cc2)n1N=Cc1ccc(O)c(O)c1O. The van der Waals surface area contributed by atoms with Gasteiger partial charge in [-0.05, 0) is 36.5 Å². The highest BCUT2D eigenvalue weighted by atomic mass is 32.1. The largest absolute Gasteiger partial charge is 0.504 e. The molecular weight excluding hydrogens is 422 g/mol. The topological polar surface area (TPSA) is 90.3 Å². The second-order valence-electron chi connectivity index (χ2n) is 7.92. The summed E-state index contributed by atoms with van der Waals surface area (Å²) in [4.78, 5) is 5.22. The molecule has 1 aliphatic rings. The van der Waals surface area contributed by atoms with Gasteiger partial charge in [0.15, 0.2) is 11.5 Å². The fraction of sp³-hybridized carbons (Fsp3) is 0.280. The third-order valence-electron chi connectivity index (χ3n) is 5.80. The van der Waals surface area contributed by atoms with Gasteiger partial charge < -0.3 is 15.3 Å². The Balaban J connectivity index is 1.70. The molecule has 0 amide bonds. The Hall–Kier alpha value is -3.32. The first kappa shape index (κ1) is 21.9. The third kappa shape index (κ3) is 4.62. The van der Waals surface area contributed by atoms with Gasteiger partial charge in [0.05, 0.1) is 18.5 Å². The second kappa shape index (κ2) is 9.87. The predicted molar refractivity (Wildman–Crippen MR) is 129 cm³/mol. The van der Waals surface area contributed by atoms with Crippen molar-refractivity contribution >= 4 is 17.6 Å². The Morgan fingerprint density at radius 3 is 2.47 bits per heavy atom. The van der Waals surface area contributed by atoms with Crippen LogP contribution in [0.4, 0.5) is 0 Å². The number of rotatable bonds is 6. The molecule has 0 aliphatic heterocycles. The normalized spacial score (nSPS) is 15.4. The maximum atomic E-state index is 10.1. The number of hydrogen-bond donors (Lipinski definition) is 3. The van der Waals surface area contributed by atoms with Gasteiger partial charge in [-0.15, -0.1) is 17.9 Å². The van der Waals surface area contributed by atoms with Crippen molar-refractivity contribution in [3.8, 4) is 28.5 Å². The maximum absolute atomic E-state index is 10.1. The van der Waals surface area contributed by atoms with Crippen LogP contribution in [-0.2, 0) is 0 Å². The average molecular weight is 450 g/mol. The zero-order valence-corrected chi connectivity index (χ0v) is 18.6. The van der Waals surface area contributed by atoms with E-state index in [0.717, 1.165) is 11.3 Å². The molecule has 3 N–H and O–H groups in total. The summed E-state index contributed by atoms with van der Waals surface area (Å²) in [5.41, 5.74) is 3.58. The lowest BCUT2D eigenvalue weighted by Gasteiger charge is -2.22. The fourth-order valence-electron chi connectivity index (χ4n) is 4.03. The molecule has 6 nitrogen and oxygen atoms in total. The van der Waals surface area contributed by atoms with E-state index in [0.29, 0.717) is 17.3 Å². The van der Waals surface area contributed by atoms with Gasteiger partial charge in [-0.3, -0.25) is 4.99 Å². The molecule has 0 radical (unpaired) electrons. The highest BCUT2D eigenvalue weighted by Gasteiger charge is 2.16. The van der Waals surface area contributed by atoms with Crippen LogP contribution >= 0.6 is 11.3 Å². The van der Waals surface area contributed by atoms with Crippen molar-refractivity contribution in [2.45, 2.75) is 38.0 Å². The van der Waals surface area contributed by atoms with Crippen LogP contribution in [0.3, 0.4) is 0 Å². The molecule has 1 heterocycles. The first-order valence-corrected chi connectivity index (χ1v) is 11.7. The van der Waals surface area contributed by atoms with E-state index in [-0.39, 0.29) is 11.3 Å². The number of aromatic hydroxyl groups is 3. The third-order valence-corrected chi connectivity index (χ3v) is 6.65. The summed E-state index contributed by atoms with van der Waals surface area (Å²) < 4.78 is 1.72. The van der Waals surface area contributed by atoms with Crippen LogP contribution in [-0.4, -0.2) is 32.8 Å². The van der Waals surface area contributed by atoms with Gasteiger partial charge >= 0.3 is 0 Å². The highest BCUT2D eigenvalue weighted by Crippen LogP contribution is 2.36. The fourth-order valence-corrected chi connectivity index (χ4v) is 4.88. The van der Waals surface area contributed by atoms with Gasteiger partial charge in [0, 0.05) is 16.5 Å². The lowest BCUT2D eigenvalue weighted by atomic mass is 9.84. The average Bonchev–Trinajstić information content (AvgIpc) is 3.24. The summed E-state index contributed by atoms with van der Waals surface area (Å²) in [6, 6.07) is 11.5. The molecule has 3 aromatic rings. The molecule has 0 bridgehead atoms. The van der Waals surface area contributed by atoms with E-state index >= 15 is 0 Å². The monoisotopic (exact) mass is 449 g/mol. The van der Waals surface area contributed by atoms with Crippen LogP contribution in [0.2, 0.25) is 0 Å². The van der Waals surface area contributed by atoms with Gasteiger partial charge in [0.25, 0.3) is 0 Å². The van der Waals surface area contributed by atoms with E-state index in [1.165, 1.54) is 67.4 Å². The number of phenolic OH excluding ortho intramolecular Hbond substituents is 3. The number of aromatic nitrogens is 1. The molecule has 166 valence electrons. The van der Waals surface area contributed by atoms with Crippen molar-refractivity contribution in [3.05, 3.63) is 70.4 Å². The minimum Gasteiger partial charge on any atom is -0.504 e. The molecule has 0 spiro atoms. The number of benzene rings is 2. The van der Waals surface area contributed by atoms with Crippen LogP contribution in [0, 0.1) is 0 Å². The van der Waals surface area contributed by atoms with Gasteiger partial charge in [-0.1, -0.05) is 49.6 Å². The lowest BCUT2D eigenvalue weighted by molar-refractivity contribution is 0.367. The van der Waals surface area contributed by atoms with Crippen molar-refractivity contribution in [1.29, 1.82) is 0 Å². The summed E-state index contributed by atoms with van der Waals surface area (Å²) in [6.45, 7) is 4.19. The van der Waals surface area contributed by atoms with Gasteiger partial charge in [-0.25, -0.2) is 4.68 Å². The molecule has 4 rings (SSSR count). The minimum absolute atomic E-state index is 0.285. The molecule has 0 atom stereocenters. The molecule has 1 aromatic heterocycles. The van der Waals surface area contributed by atoms with E-state index in [4.69, 9.17) is 0 Å². The predicted octanol–water partition coefficient (Wildman–Crippen LogP) is 5.35. The van der Waals surface area contributed by atoms with E-state index < -0.39 is 11.5 Å². The number of nitrogens with zero attached hydrogens (tertiary/aromatic N) is 3. The van der Waals surface area contributed by atoms with Gasteiger partial charge in [0.1, 0.15) is 0 Å². The van der Waals surface area contributed by atoms with Crippen LogP contribution in [0.15, 0.2) is 64.5 Å². The summed E-state index contributed by atoms with van der Waals surface area (Å²) >= 11 is 1.47. The van der Waals surface area contributed by atoms with Crippen LogP contribution in [0.5, 0.6) is 17.2 Å². The van der Waals surface area contributed by atoms with E-state index in [9.17, 15) is 15.3 Å². The Kier molecular flexibility index (Phi) is 6.75. The molecule has 1 aliphatic carbocycles. The van der Waals surface area contributed by atoms with Crippen molar-refractivity contribution < 1.29 is 15.3 Å². The maximum Gasteiger partial charge on any atom is 0.206 e. The molecule has 2 aromatic carbocycles. The van der Waals surface area contributed by atoms with E-state index in [1.54, 1.807) is 10.8 Å². The molecule has 32 heavy (non-hydrogen) atoms. The standard InChI is InChI=1S/C25H27N3O3S/c1-2-14-26-25-28(27-15-20-12-13-22(29)24(31)23(20)30)21(16-32-25)19-10-8-18(9-11-19)17-6-4-3-5-7-17/h2,8-13,15-17,29-31H,1,3-7,14H2. The Labute approximate surface area is 191 Å². The van der Waals surface area contributed by atoms with Crippen molar-refractivity contribution in [2.75, 3.05) is 6.54 Å². The van der Waals surface area contributed by atoms with Crippen LogP contribution < -0.4 is 4.80 Å². The van der Waals surface area contributed by atoms with Gasteiger partial charge in [-0.2, -0.15) is 5.10 Å². The Morgan fingerprint density at radius 2 is 1.75 bits per heavy atom. The number of thiazole rings is 1. The van der Waals surface area contributed by atoms with E-state index in [1.807, 2.05) is 5.38 Å². The summed E-state index contributed by atoms with van der Waals surface area (Å²) in [5.74, 6) is -0.733. The van der Waals surface area contributed by atoms with Crippen LogP contribution in [0.1, 0.15) is 49.1 Å². The first-order valence-electron chi connectivity index (χ1n) is 10.8. The second-order valence-corrected chi connectivity index (χ2v) is 8.75. The first-order chi connectivity index (χ1) is 15.6. The summed E-state index contributed by atoms with van der Waals surface area (Å²) in [7, 11) is 0. The molecule has 0 unspecified atom stereocenters. The number of phenols is 3. The quantitative estimate of drug-likeness (QED) is 0.269. The molecular formula is C25H27N3O3S. The summed E-state index contributed by atoms with van der Waals surface area (Å²) in [6.07, 6.45) is 9.63. The molecule has 0 saturated heterocycles. The van der Waals surface area contributed by atoms with Crippen molar-refractivity contribution in [3.63, 3.8) is 0 Å².